The molecule has 0 fully saturated rings. The number of terminal acetylenes is 1. The van der Waals surface area contributed by atoms with Gasteiger partial charge in [-0.05, 0) is 24.3 Å². The lowest BCUT2D eigenvalue weighted by atomic mass is 10.1. The third kappa shape index (κ3) is 1.59. The Labute approximate surface area is 64.5 Å². The summed E-state index contributed by atoms with van der Waals surface area (Å²) in [4.78, 5) is 10.2. The van der Waals surface area contributed by atoms with Crippen LogP contribution in [0.2, 0.25) is 0 Å². The van der Waals surface area contributed by atoms with Gasteiger partial charge < -0.3 is 0 Å². The molecule has 0 amide bonds. The zero-order chi connectivity index (χ0) is 8.27. The van der Waals surface area contributed by atoms with Crippen LogP contribution in [-0.2, 0) is 5.11 Å². The molecular formula is C9H5O2. The van der Waals surface area contributed by atoms with Crippen LogP contribution in [0.3, 0.4) is 0 Å². The van der Waals surface area contributed by atoms with Crippen LogP contribution in [0, 0.1) is 12.3 Å². The maximum absolute atomic E-state index is 10.2. The first-order valence-electron chi connectivity index (χ1n) is 3.02. The Morgan fingerprint density at radius 3 is 2.18 bits per heavy atom. The first kappa shape index (κ1) is 7.36. The average Bonchev–Trinajstić information content (AvgIpc) is 2.05. The highest BCUT2D eigenvalue weighted by atomic mass is 16.4. The molecular weight excluding hydrogens is 140 g/mol. The van der Waals surface area contributed by atoms with E-state index < -0.39 is 5.97 Å². The number of benzene rings is 1. The molecule has 2 nitrogen and oxygen atoms in total. The fraction of sp³-hybridized carbons (Fsp3) is 0. The lowest BCUT2D eigenvalue weighted by Gasteiger charge is -1.90. The van der Waals surface area contributed by atoms with Crippen LogP contribution in [0.5, 0.6) is 0 Å². The molecule has 1 aromatic carbocycles. The Kier molecular flexibility index (Phi) is 1.93. The third-order valence-electron chi connectivity index (χ3n) is 1.29. The molecule has 0 N–H and O–H groups in total. The van der Waals surface area contributed by atoms with Gasteiger partial charge in [0, 0.05) is 5.56 Å². The number of rotatable bonds is 1. The van der Waals surface area contributed by atoms with E-state index in [0.29, 0.717) is 5.56 Å². The number of hydrogen-bond acceptors (Lipinski definition) is 1. The molecule has 1 rings (SSSR count). The van der Waals surface area contributed by atoms with Crippen molar-refractivity contribution < 1.29 is 9.90 Å². The van der Waals surface area contributed by atoms with Gasteiger partial charge in [0.25, 0.3) is 0 Å². The second kappa shape index (κ2) is 2.89. The van der Waals surface area contributed by atoms with Gasteiger partial charge in [0.2, 0.25) is 0 Å². The fourth-order valence-corrected chi connectivity index (χ4v) is 0.703. The predicted octanol–water partition coefficient (Wildman–Crippen LogP) is 1.24. The molecule has 11 heavy (non-hydrogen) atoms. The van der Waals surface area contributed by atoms with Crippen molar-refractivity contribution in [2.45, 2.75) is 0 Å². The van der Waals surface area contributed by atoms with Gasteiger partial charge in [-0.3, -0.25) is 0 Å². The molecule has 2 heteroatoms. The molecule has 1 radical (unpaired) electrons. The zero-order valence-electron chi connectivity index (χ0n) is 5.70. The average molecular weight is 145 g/mol. The molecule has 0 aromatic heterocycles. The first-order chi connectivity index (χ1) is 5.24. The molecule has 1 aromatic rings. The lowest BCUT2D eigenvalue weighted by molar-refractivity contribution is 0.0573. The van der Waals surface area contributed by atoms with E-state index in [1.807, 2.05) is 0 Å². The van der Waals surface area contributed by atoms with Crippen LogP contribution >= 0.6 is 0 Å². The van der Waals surface area contributed by atoms with Crippen molar-refractivity contribution in [2.24, 2.45) is 0 Å². The van der Waals surface area contributed by atoms with E-state index in [-0.39, 0.29) is 5.56 Å². The Hall–Kier alpha value is -1.75. The van der Waals surface area contributed by atoms with Crippen molar-refractivity contribution in [2.75, 3.05) is 0 Å². The molecule has 0 saturated heterocycles. The van der Waals surface area contributed by atoms with Gasteiger partial charge in [-0.15, -0.1) is 6.42 Å². The summed E-state index contributed by atoms with van der Waals surface area (Å²) in [5.74, 6) is 1.19. The predicted molar refractivity (Wildman–Crippen MR) is 39.4 cm³/mol. The Bertz CT molecular complexity index is 303. The summed E-state index contributed by atoms with van der Waals surface area (Å²) in [6.45, 7) is 0. The summed E-state index contributed by atoms with van der Waals surface area (Å²) in [6, 6.07) is 5.96. The number of carbonyl (C=O) groups excluding carboxylic acids is 1. The van der Waals surface area contributed by atoms with Crippen molar-refractivity contribution >= 4 is 5.97 Å². The van der Waals surface area contributed by atoms with Crippen molar-refractivity contribution in [3.8, 4) is 12.3 Å². The third-order valence-corrected chi connectivity index (χ3v) is 1.29. The van der Waals surface area contributed by atoms with Gasteiger partial charge >= 0.3 is 5.97 Å². The van der Waals surface area contributed by atoms with Gasteiger partial charge in [0.05, 0.1) is 5.56 Å². The normalized spacial score (nSPS) is 8.64. The summed E-state index contributed by atoms with van der Waals surface area (Å²) >= 11 is 0. The van der Waals surface area contributed by atoms with Gasteiger partial charge in [-0.2, -0.15) is 0 Å². The summed E-state index contributed by atoms with van der Waals surface area (Å²) < 4.78 is 0. The maximum atomic E-state index is 10.2. The largest absolute Gasteiger partial charge is 0.386 e. The Balaban J connectivity index is 3.03. The van der Waals surface area contributed by atoms with Gasteiger partial charge in [-0.25, -0.2) is 9.90 Å². The maximum Gasteiger partial charge on any atom is 0.386 e. The van der Waals surface area contributed by atoms with Gasteiger partial charge in [0.15, 0.2) is 0 Å². The van der Waals surface area contributed by atoms with Gasteiger partial charge in [0.1, 0.15) is 0 Å². The molecule has 53 valence electrons. The van der Waals surface area contributed by atoms with Crippen LogP contribution in [0.25, 0.3) is 0 Å². The van der Waals surface area contributed by atoms with Gasteiger partial charge in [-0.1, -0.05) is 5.92 Å². The minimum absolute atomic E-state index is 0.143. The molecule has 0 aliphatic carbocycles. The van der Waals surface area contributed by atoms with E-state index in [0.717, 1.165) is 0 Å². The summed E-state index contributed by atoms with van der Waals surface area (Å²) in [6.07, 6.45) is 5.06. The number of hydrogen-bond donors (Lipinski definition) is 0. The zero-order valence-corrected chi connectivity index (χ0v) is 5.70. The van der Waals surface area contributed by atoms with Crippen molar-refractivity contribution in [3.05, 3.63) is 35.4 Å². The fourth-order valence-electron chi connectivity index (χ4n) is 0.703. The van der Waals surface area contributed by atoms with Crippen molar-refractivity contribution in [1.82, 2.24) is 0 Å². The van der Waals surface area contributed by atoms with Crippen LogP contribution < -0.4 is 0 Å². The minimum Gasteiger partial charge on any atom is -0.242 e. The summed E-state index contributed by atoms with van der Waals surface area (Å²) in [5.41, 5.74) is 0.805. The highest BCUT2D eigenvalue weighted by Gasteiger charge is 2.02. The van der Waals surface area contributed by atoms with Crippen LogP contribution in [0.15, 0.2) is 24.3 Å². The Morgan fingerprint density at radius 2 is 1.82 bits per heavy atom. The monoisotopic (exact) mass is 145 g/mol. The van der Waals surface area contributed by atoms with E-state index >= 15 is 0 Å². The smallest absolute Gasteiger partial charge is 0.242 e. The Morgan fingerprint density at radius 1 is 1.27 bits per heavy atom. The second-order valence-electron chi connectivity index (χ2n) is 2.01. The van der Waals surface area contributed by atoms with Crippen molar-refractivity contribution in [1.29, 1.82) is 0 Å². The molecule has 0 heterocycles. The molecule has 0 aliphatic heterocycles. The highest BCUT2D eigenvalue weighted by Crippen LogP contribution is 2.02. The van der Waals surface area contributed by atoms with E-state index in [9.17, 15) is 9.90 Å². The first-order valence-corrected chi connectivity index (χ1v) is 3.02. The summed E-state index contributed by atoms with van der Waals surface area (Å²) in [5, 5.41) is 10.2. The molecule has 0 aliphatic rings. The minimum atomic E-state index is -1.19. The molecule has 0 unspecified atom stereocenters. The van der Waals surface area contributed by atoms with E-state index in [1.165, 1.54) is 12.1 Å². The highest BCUT2D eigenvalue weighted by molar-refractivity contribution is 5.87. The molecule has 0 saturated carbocycles. The second-order valence-corrected chi connectivity index (χ2v) is 2.01. The molecule has 0 bridgehead atoms. The van der Waals surface area contributed by atoms with Crippen molar-refractivity contribution in [3.63, 3.8) is 0 Å². The summed E-state index contributed by atoms with van der Waals surface area (Å²) in [7, 11) is 0. The standard InChI is InChI=1S/C9H5O2/c1-2-7-3-5-8(6-4-7)9(10)11/h1,3-6H. The molecule has 0 atom stereocenters. The van der Waals surface area contributed by atoms with Crippen LogP contribution in [0.4, 0.5) is 0 Å². The van der Waals surface area contributed by atoms with E-state index in [4.69, 9.17) is 6.42 Å². The SMILES string of the molecule is C#Cc1ccc(C([O])=O)cc1. The topological polar surface area (TPSA) is 37.0 Å². The van der Waals surface area contributed by atoms with Crippen LogP contribution in [0.1, 0.15) is 15.9 Å². The molecule has 0 spiro atoms. The van der Waals surface area contributed by atoms with E-state index in [2.05, 4.69) is 5.92 Å². The lowest BCUT2D eigenvalue weighted by Crippen LogP contribution is -1.92. The van der Waals surface area contributed by atoms with Crippen LogP contribution in [-0.4, -0.2) is 5.97 Å². The quantitative estimate of drug-likeness (QED) is 0.547. The van der Waals surface area contributed by atoms with E-state index in [1.54, 1.807) is 12.1 Å². The number of carbonyl (C=O) groups is 1.